The molecule has 0 aliphatic rings. The molecule has 0 aliphatic carbocycles. The molecule has 88 valence electrons. The summed E-state index contributed by atoms with van der Waals surface area (Å²) in [6, 6.07) is 7.70. The lowest BCUT2D eigenvalue weighted by molar-refractivity contribution is -0.116. The number of hydrogen-bond donors (Lipinski definition) is 0. The van der Waals surface area contributed by atoms with Crippen LogP contribution in [-0.4, -0.2) is 17.3 Å². The van der Waals surface area contributed by atoms with Crippen molar-refractivity contribution >= 4 is 17.4 Å². The molecule has 0 bridgehead atoms. The Balaban J connectivity index is 2.70. The van der Waals surface area contributed by atoms with Crippen LogP contribution in [0.3, 0.4) is 0 Å². The third kappa shape index (κ3) is 4.23. The number of ketones is 1. The monoisotopic (exact) mass is 240 g/mol. The maximum Gasteiger partial charge on any atom is 0.147 e. The summed E-state index contributed by atoms with van der Waals surface area (Å²) < 4.78 is 5.57. The van der Waals surface area contributed by atoms with Gasteiger partial charge in [0, 0.05) is 0 Å². The molecule has 0 aliphatic heterocycles. The maximum absolute atomic E-state index is 11.0. The quantitative estimate of drug-likeness (QED) is 0.739. The lowest BCUT2D eigenvalue weighted by atomic mass is 10.1. The molecule has 0 saturated carbocycles. The van der Waals surface area contributed by atoms with Crippen molar-refractivity contribution < 1.29 is 9.53 Å². The second-order valence-electron chi connectivity index (χ2n) is 4.10. The molecule has 0 amide bonds. The van der Waals surface area contributed by atoms with E-state index in [4.69, 9.17) is 16.3 Å². The summed E-state index contributed by atoms with van der Waals surface area (Å²) >= 11 is 5.92. The number of benzene rings is 1. The van der Waals surface area contributed by atoms with Crippen LogP contribution in [0.1, 0.15) is 26.3 Å². The molecule has 2 nitrogen and oxygen atoms in total. The minimum atomic E-state index is -0.450. The number of ether oxygens (including phenoxy) is 1. The normalized spacial score (nSPS) is 12.6. The number of Topliss-reactive ketones (excluding diaryl/α,β-unsaturated/α-hetero) is 1. The van der Waals surface area contributed by atoms with Gasteiger partial charge in [-0.15, -0.1) is 11.6 Å². The summed E-state index contributed by atoms with van der Waals surface area (Å²) in [5.74, 6) is 0.816. The summed E-state index contributed by atoms with van der Waals surface area (Å²) in [4.78, 5) is 11.0. The minimum Gasteiger partial charge on any atom is -0.491 e. The number of hydrogen-bond acceptors (Lipinski definition) is 2. The second-order valence-corrected chi connectivity index (χ2v) is 4.62. The standard InChI is InChI=1S/C13H17ClO2/c1-9(2)16-12-6-4-5-11(7-12)8-13(14)10(3)15/h4-7,9,13H,8H2,1-3H3. The Bertz CT molecular complexity index is 361. The van der Waals surface area contributed by atoms with Gasteiger partial charge in [-0.05, 0) is 44.9 Å². The topological polar surface area (TPSA) is 26.3 Å². The average molecular weight is 241 g/mol. The molecule has 0 fully saturated rings. The van der Waals surface area contributed by atoms with Gasteiger partial charge in [-0.2, -0.15) is 0 Å². The Kier molecular flexibility index (Phi) is 4.81. The molecule has 1 aromatic carbocycles. The molecule has 1 rings (SSSR count). The zero-order chi connectivity index (χ0) is 12.1. The highest BCUT2D eigenvalue weighted by Gasteiger charge is 2.11. The molecular formula is C13H17ClO2. The molecule has 0 aromatic heterocycles. The number of alkyl halides is 1. The van der Waals surface area contributed by atoms with Crippen LogP contribution in [0.4, 0.5) is 0 Å². The minimum absolute atomic E-state index is 0.00292. The van der Waals surface area contributed by atoms with Crippen molar-refractivity contribution in [1.82, 2.24) is 0 Å². The van der Waals surface area contributed by atoms with Gasteiger partial charge in [0.05, 0.1) is 11.5 Å². The zero-order valence-corrected chi connectivity index (χ0v) is 10.6. The lowest BCUT2D eigenvalue weighted by Gasteiger charge is -2.11. The van der Waals surface area contributed by atoms with E-state index in [1.165, 1.54) is 6.92 Å². The van der Waals surface area contributed by atoms with Crippen molar-refractivity contribution in [3.8, 4) is 5.75 Å². The fourth-order valence-corrected chi connectivity index (χ4v) is 1.55. The molecule has 0 N–H and O–H groups in total. The fourth-order valence-electron chi connectivity index (χ4n) is 1.37. The van der Waals surface area contributed by atoms with Crippen LogP contribution in [0.5, 0.6) is 5.75 Å². The van der Waals surface area contributed by atoms with Crippen LogP contribution >= 0.6 is 11.6 Å². The molecule has 0 radical (unpaired) electrons. The largest absolute Gasteiger partial charge is 0.491 e. The third-order valence-electron chi connectivity index (χ3n) is 2.13. The number of carbonyl (C=O) groups is 1. The smallest absolute Gasteiger partial charge is 0.147 e. The van der Waals surface area contributed by atoms with Gasteiger partial charge in [-0.3, -0.25) is 4.79 Å². The molecule has 1 aromatic rings. The summed E-state index contributed by atoms with van der Waals surface area (Å²) in [7, 11) is 0. The fraction of sp³-hybridized carbons (Fsp3) is 0.462. The van der Waals surface area contributed by atoms with Gasteiger partial charge in [-0.25, -0.2) is 0 Å². The first-order valence-corrected chi connectivity index (χ1v) is 5.83. The third-order valence-corrected chi connectivity index (χ3v) is 2.59. The first-order valence-electron chi connectivity index (χ1n) is 5.39. The molecule has 0 heterocycles. The van der Waals surface area contributed by atoms with Gasteiger partial charge in [0.15, 0.2) is 0 Å². The van der Waals surface area contributed by atoms with Crippen LogP contribution in [0, 0.1) is 0 Å². The van der Waals surface area contributed by atoms with E-state index in [-0.39, 0.29) is 11.9 Å². The van der Waals surface area contributed by atoms with E-state index in [0.717, 1.165) is 11.3 Å². The van der Waals surface area contributed by atoms with E-state index in [9.17, 15) is 4.79 Å². The Labute approximate surface area is 102 Å². The van der Waals surface area contributed by atoms with E-state index in [2.05, 4.69) is 0 Å². The highest BCUT2D eigenvalue weighted by atomic mass is 35.5. The van der Waals surface area contributed by atoms with Crippen molar-refractivity contribution in [1.29, 1.82) is 0 Å². The van der Waals surface area contributed by atoms with Crippen LogP contribution in [-0.2, 0) is 11.2 Å². The summed E-state index contributed by atoms with van der Waals surface area (Å²) in [5, 5.41) is -0.450. The van der Waals surface area contributed by atoms with Crippen molar-refractivity contribution in [2.45, 2.75) is 38.7 Å². The van der Waals surface area contributed by atoms with Crippen LogP contribution in [0.15, 0.2) is 24.3 Å². The summed E-state index contributed by atoms with van der Waals surface area (Å²) in [5.41, 5.74) is 1.02. The van der Waals surface area contributed by atoms with E-state index >= 15 is 0 Å². The molecule has 3 heteroatoms. The molecule has 1 unspecified atom stereocenters. The van der Waals surface area contributed by atoms with Gasteiger partial charge in [0.25, 0.3) is 0 Å². The molecule has 1 atom stereocenters. The maximum atomic E-state index is 11.0. The van der Waals surface area contributed by atoms with E-state index in [1.54, 1.807) is 0 Å². The lowest BCUT2D eigenvalue weighted by Crippen LogP contribution is -2.13. The average Bonchev–Trinajstić information content (AvgIpc) is 2.16. The van der Waals surface area contributed by atoms with E-state index < -0.39 is 5.38 Å². The number of rotatable bonds is 5. The summed E-state index contributed by atoms with van der Waals surface area (Å²) in [6.45, 7) is 5.46. The van der Waals surface area contributed by atoms with Crippen molar-refractivity contribution in [2.75, 3.05) is 0 Å². The van der Waals surface area contributed by atoms with Gasteiger partial charge in [-0.1, -0.05) is 12.1 Å². The summed E-state index contributed by atoms with van der Waals surface area (Å²) in [6.07, 6.45) is 0.696. The van der Waals surface area contributed by atoms with Gasteiger partial charge in [0.2, 0.25) is 0 Å². The number of carbonyl (C=O) groups excluding carboxylic acids is 1. The van der Waals surface area contributed by atoms with Crippen LogP contribution in [0.25, 0.3) is 0 Å². The van der Waals surface area contributed by atoms with E-state index in [1.807, 2.05) is 38.1 Å². The first-order chi connectivity index (χ1) is 7.49. The molecule has 0 saturated heterocycles. The Morgan fingerprint density at radius 2 is 2.12 bits per heavy atom. The Morgan fingerprint density at radius 3 is 2.69 bits per heavy atom. The molecule has 16 heavy (non-hydrogen) atoms. The van der Waals surface area contributed by atoms with Crippen LogP contribution < -0.4 is 4.74 Å². The van der Waals surface area contributed by atoms with E-state index in [0.29, 0.717) is 6.42 Å². The van der Waals surface area contributed by atoms with Crippen molar-refractivity contribution in [2.24, 2.45) is 0 Å². The highest BCUT2D eigenvalue weighted by molar-refractivity contribution is 6.30. The van der Waals surface area contributed by atoms with Crippen molar-refractivity contribution in [3.05, 3.63) is 29.8 Å². The highest BCUT2D eigenvalue weighted by Crippen LogP contribution is 2.17. The second kappa shape index (κ2) is 5.90. The predicted octanol–water partition coefficient (Wildman–Crippen LogP) is 3.21. The molecular weight excluding hydrogens is 224 g/mol. The Hall–Kier alpha value is -1.02. The number of halogens is 1. The zero-order valence-electron chi connectivity index (χ0n) is 9.87. The van der Waals surface area contributed by atoms with Crippen LogP contribution in [0.2, 0.25) is 0 Å². The van der Waals surface area contributed by atoms with Gasteiger partial charge < -0.3 is 4.74 Å². The SMILES string of the molecule is CC(=O)C(Cl)Cc1cccc(OC(C)C)c1. The van der Waals surface area contributed by atoms with Gasteiger partial charge in [0.1, 0.15) is 11.5 Å². The molecule has 0 spiro atoms. The van der Waals surface area contributed by atoms with Crippen molar-refractivity contribution in [3.63, 3.8) is 0 Å². The van der Waals surface area contributed by atoms with Gasteiger partial charge >= 0.3 is 0 Å². The Morgan fingerprint density at radius 1 is 1.44 bits per heavy atom. The first kappa shape index (κ1) is 13.0. The predicted molar refractivity (Wildman–Crippen MR) is 66.2 cm³/mol.